The highest BCUT2D eigenvalue weighted by molar-refractivity contribution is 5.85. The molecular weight excluding hydrogens is 266 g/mol. The number of nitrogens with zero attached hydrogens (tertiary/aromatic N) is 1. The number of aliphatic carboxylic acids is 1. The van der Waals surface area contributed by atoms with Crippen molar-refractivity contribution in [3.05, 3.63) is 48.0 Å². The van der Waals surface area contributed by atoms with Gasteiger partial charge in [-0.1, -0.05) is 42.5 Å². The van der Waals surface area contributed by atoms with Gasteiger partial charge in [0, 0.05) is 12.5 Å². The lowest BCUT2D eigenvalue weighted by atomic mass is 9.92. The first-order chi connectivity index (χ1) is 10.1. The van der Waals surface area contributed by atoms with Crippen molar-refractivity contribution < 1.29 is 14.7 Å². The van der Waals surface area contributed by atoms with Crippen molar-refractivity contribution >= 4 is 11.9 Å². The lowest BCUT2D eigenvalue weighted by Crippen LogP contribution is -2.45. The van der Waals surface area contributed by atoms with Crippen LogP contribution in [0.1, 0.15) is 31.7 Å². The molecule has 1 aromatic rings. The van der Waals surface area contributed by atoms with Crippen LogP contribution < -0.4 is 0 Å². The van der Waals surface area contributed by atoms with Crippen molar-refractivity contribution in [1.82, 2.24) is 4.90 Å². The Morgan fingerprint density at radius 1 is 1.29 bits per heavy atom. The molecule has 0 heterocycles. The summed E-state index contributed by atoms with van der Waals surface area (Å²) in [5.74, 6) is -1.12. The minimum atomic E-state index is -0.967. The fourth-order valence-electron chi connectivity index (χ4n) is 2.57. The van der Waals surface area contributed by atoms with Gasteiger partial charge < -0.3 is 10.0 Å². The molecule has 1 aromatic carbocycles. The van der Waals surface area contributed by atoms with E-state index < -0.39 is 12.0 Å². The molecule has 0 aliphatic heterocycles. The quantitative estimate of drug-likeness (QED) is 0.847. The van der Waals surface area contributed by atoms with Crippen LogP contribution in [-0.2, 0) is 16.1 Å². The maximum Gasteiger partial charge on any atom is 0.326 e. The second kappa shape index (κ2) is 7.07. The van der Waals surface area contributed by atoms with Crippen LogP contribution in [0.4, 0.5) is 0 Å². The summed E-state index contributed by atoms with van der Waals surface area (Å²) in [6.07, 6.45) is 6.48. The Balaban J connectivity index is 2.17. The van der Waals surface area contributed by atoms with E-state index in [0.29, 0.717) is 13.0 Å². The van der Waals surface area contributed by atoms with Crippen molar-refractivity contribution in [2.24, 2.45) is 5.92 Å². The van der Waals surface area contributed by atoms with Gasteiger partial charge >= 0.3 is 5.97 Å². The number of carbonyl (C=O) groups excluding carboxylic acids is 1. The molecule has 2 atom stereocenters. The molecule has 4 nitrogen and oxygen atoms in total. The van der Waals surface area contributed by atoms with Crippen molar-refractivity contribution in [3.63, 3.8) is 0 Å². The van der Waals surface area contributed by atoms with E-state index in [4.69, 9.17) is 0 Å². The van der Waals surface area contributed by atoms with Gasteiger partial charge in [-0.3, -0.25) is 4.79 Å². The van der Waals surface area contributed by atoms with Crippen molar-refractivity contribution in [2.75, 3.05) is 0 Å². The van der Waals surface area contributed by atoms with Crippen molar-refractivity contribution in [1.29, 1.82) is 0 Å². The fourth-order valence-corrected chi connectivity index (χ4v) is 2.57. The third-order valence-corrected chi connectivity index (χ3v) is 3.92. The normalized spacial score (nSPS) is 19.0. The second-order valence-electron chi connectivity index (χ2n) is 5.45. The lowest BCUT2D eigenvalue weighted by Gasteiger charge is -2.31. The molecule has 0 fully saturated rings. The highest BCUT2D eigenvalue weighted by atomic mass is 16.4. The molecule has 1 aliphatic rings. The molecule has 0 spiro atoms. The Labute approximate surface area is 125 Å². The zero-order valence-electron chi connectivity index (χ0n) is 12.2. The lowest BCUT2D eigenvalue weighted by molar-refractivity contribution is -0.152. The summed E-state index contributed by atoms with van der Waals surface area (Å²) >= 11 is 0. The molecule has 1 amide bonds. The molecule has 0 saturated carbocycles. The van der Waals surface area contributed by atoms with Gasteiger partial charge in [0.1, 0.15) is 6.04 Å². The summed E-state index contributed by atoms with van der Waals surface area (Å²) in [6.45, 7) is 1.91. The largest absolute Gasteiger partial charge is 0.480 e. The summed E-state index contributed by atoms with van der Waals surface area (Å²) in [5.41, 5.74) is 0.949. The van der Waals surface area contributed by atoms with Gasteiger partial charge in [0.2, 0.25) is 5.91 Å². The zero-order valence-corrected chi connectivity index (χ0v) is 12.2. The number of amides is 1. The van der Waals surface area contributed by atoms with Crippen LogP contribution in [-0.4, -0.2) is 27.9 Å². The molecule has 0 saturated heterocycles. The number of benzene rings is 1. The van der Waals surface area contributed by atoms with E-state index in [0.717, 1.165) is 18.4 Å². The molecule has 21 heavy (non-hydrogen) atoms. The number of carboxylic acid groups (broad SMARTS) is 1. The smallest absolute Gasteiger partial charge is 0.326 e. The molecule has 0 radical (unpaired) electrons. The summed E-state index contributed by atoms with van der Waals surface area (Å²) in [5, 5.41) is 9.27. The monoisotopic (exact) mass is 287 g/mol. The Morgan fingerprint density at radius 3 is 2.57 bits per heavy atom. The van der Waals surface area contributed by atoms with Gasteiger partial charge in [0.15, 0.2) is 0 Å². The Morgan fingerprint density at radius 2 is 2.00 bits per heavy atom. The number of rotatable bonds is 5. The van der Waals surface area contributed by atoms with Gasteiger partial charge in [-0.2, -0.15) is 0 Å². The van der Waals surface area contributed by atoms with Crippen LogP contribution in [0.3, 0.4) is 0 Å². The van der Waals surface area contributed by atoms with Gasteiger partial charge in [0.25, 0.3) is 0 Å². The second-order valence-corrected chi connectivity index (χ2v) is 5.45. The van der Waals surface area contributed by atoms with Gasteiger partial charge in [-0.25, -0.2) is 4.79 Å². The molecule has 1 aliphatic carbocycles. The summed E-state index contributed by atoms with van der Waals surface area (Å²) in [7, 11) is 0. The minimum Gasteiger partial charge on any atom is -0.480 e. The first-order valence-corrected chi connectivity index (χ1v) is 7.32. The van der Waals surface area contributed by atoms with Crippen LogP contribution in [0.25, 0.3) is 0 Å². The Kier molecular flexibility index (Phi) is 5.14. The molecular formula is C17H21NO3. The van der Waals surface area contributed by atoms with E-state index in [1.54, 1.807) is 6.92 Å². The predicted octanol–water partition coefficient (Wildman–Crippen LogP) is 2.84. The number of carboxylic acids is 1. The standard InChI is InChI=1S/C17H21NO3/c1-13(17(20)21)18(12-14-8-4-2-5-9-14)16(19)15-10-6-3-7-11-15/h2-6,8-9,13,15H,7,10-12H2,1H3,(H,20,21). The molecule has 4 heteroatoms. The highest BCUT2D eigenvalue weighted by Gasteiger charge is 2.30. The first kappa shape index (κ1) is 15.3. The van der Waals surface area contributed by atoms with Crippen molar-refractivity contribution in [3.8, 4) is 0 Å². The highest BCUT2D eigenvalue weighted by Crippen LogP contribution is 2.23. The average Bonchev–Trinajstić information content (AvgIpc) is 2.53. The van der Waals surface area contributed by atoms with Gasteiger partial charge in [0.05, 0.1) is 0 Å². The summed E-state index contributed by atoms with van der Waals surface area (Å²) in [6, 6.07) is 8.70. The van der Waals surface area contributed by atoms with E-state index >= 15 is 0 Å². The molecule has 0 aromatic heterocycles. The van der Waals surface area contributed by atoms with Gasteiger partial charge in [-0.05, 0) is 31.7 Å². The molecule has 1 N–H and O–H groups in total. The third kappa shape index (κ3) is 3.94. The molecule has 0 bridgehead atoms. The van der Waals surface area contributed by atoms with E-state index in [2.05, 4.69) is 6.08 Å². The Hall–Kier alpha value is -2.10. The van der Waals surface area contributed by atoms with Gasteiger partial charge in [-0.15, -0.1) is 0 Å². The number of allylic oxidation sites excluding steroid dienone is 2. The fraction of sp³-hybridized carbons (Fsp3) is 0.412. The van der Waals surface area contributed by atoms with Crippen LogP contribution in [0, 0.1) is 5.92 Å². The topological polar surface area (TPSA) is 57.6 Å². The maximum absolute atomic E-state index is 12.7. The van der Waals surface area contributed by atoms with E-state index in [1.165, 1.54) is 4.90 Å². The SMILES string of the molecule is CC(C(=O)O)N(Cc1ccccc1)C(=O)C1CC=CCC1. The van der Waals surface area contributed by atoms with Crippen molar-refractivity contribution in [2.45, 2.75) is 38.8 Å². The Bertz CT molecular complexity index is 524. The zero-order chi connectivity index (χ0) is 15.2. The number of carbonyl (C=O) groups is 2. The van der Waals surface area contributed by atoms with Crippen LogP contribution in [0.2, 0.25) is 0 Å². The first-order valence-electron chi connectivity index (χ1n) is 7.32. The van der Waals surface area contributed by atoms with E-state index in [9.17, 15) is 14.7 Å². The average molecular weight is 287 g/mol. The summed E-state index contributed by atoms with van der Waals surface area (Å²) in [4.78, 5) is 25.5. The van der Waals surface area contributed by atoms with Crippen LogP contribution in [0.15, 0.2) is 42.5 Å². The molecule has 2 unspecified atom stereocenters. The van der Waals surface area contributed by atoms with Crippen LogP contribution in [0.5, 0.6) is 0 Å². The molecule has 2 rings (SSSR count). The third-order valence-electron chi connectivity index (χ3n) is 3.92. The number of hydrogen-bond acceptors (Lipinski definition) is 2. The molecule has 112 valence electrons. The minimum absolute atomic E-state index is 0.0573. The van der Waals surface area contributed by atoms with E-state index in [-0.39, 0.29) is 11.8 Å². The number of hydrogen-bond donors (Lipinski definition) is 1. The van der Waals surface area contributed by atoms with Crippen LogP contribution >= 0.6 is 0 Å². The van der Waals surface area contributed by atoms with E-state index in [1.807, 2.05) is 36.4 Å². The summed E-state index contributed by atoms with van der Waals surface area (Å²) < 4.78 is 0. The predicted molar refractivity (Wildman–Crippen MR) is 80.6 cm³/mol. The maximum atomic E-state index is 12.7.